The Morgan fingerprint density at radius 3 is 1.00 bits per heavy atom. The zero-order valence-electron chi connectivity index (χ0n) is 81.6. The Morgan fingerprint density at radius 1 is 0.392 bits per heavy atom. The van der Waals surface area contributed by atoms with Crippen LogP contribution in [0.2, 0.25) is 0 Å². The molecular weight excluding hydrogens is 1850 g/mol. The first-order chi connectivity index (χ1) is 67.9. The molecule has 15 amide bonds. The highest BCUT2D eigenvalue weighted by molar-refractivity contribution is 6.10. The molecule has 1 aliphatic carbocycles. The molecule has 12 aliphatic heterocycles. The van der Waals surface area contributed by atoms with Gasteiger partial charge in [0.2, 0.25) is 35.4 Å². The summed E-state index contributed by atoms with van der Waals surface area (Å²) < 4.78 is 30.9. The van der Waals surface area contributed by atoms with Crippen LogP contribution in [0.3, 0.4) is 0 Å². The molecule has 0 spiro atoms. The summed E-state index contributed by atoms with van der Waals surface area (Å²) in [5.41, 5.74) is 60.0. The predicted molar refractivity (Wildman–Crippen MR) is 534 cm³/mol. The second-order valence-electron chi connectivity index (χ2n) is 37.7. The number of hydrogen-bond acceptors (Lipinski definition) is 28. The van der Waals surface area contributed by atoms with Crippen molar-refractivity contribution in [3.63, 3.8) is 0 Å². The number of cyclic esters (lactones) is 6. The number of anilines is 12. The lowest BCUT2D eigenvalue weighted by Crippen LogP contribution is -2.40. The summed E-state index contributed by atoms with van der Waals surface area (Å²) in [6, 6.07) is 32.2. The molecule has 12 heterocycles. The Labute approximate surface area is 826 Å². The van der Waals surface area contributed by atoms with Crippen LogP contribution in [0.15, 0.2) is 146 Å². The minimum Gasteiger partial charge on any atom is -0.438 e. The Morgan fingerprint density at radius 2 is 0.685 bits per heavy atom. The molecule has 0 bridgehead atoms. The molecule has 43 nitrogen and oxygen atoms in total. The molecule has 143 heavy (non-hydrogen) atoms. The highest BCUT2D eigenvalue weighted by atomic mass is 16.6. The van der Waals surface area contributed by atoms with Crippen LogP contribution in [0.5, 0.6) is 0 Å². The Kier molecular flexibility index (Phi) is 31.1. The number of rotatable bonds is 25. The molecule has 6 saturated heterocycles. The van der Waals surface area contributed by atoms with Gasteiger partial charge in [-0.3, -0.25) is 72.6 Å². The molecule has 0 radical (unpaired) electrons. The molecule has 18 N–H and O–H groups in total. The smallest absolute Gasteiger partial charge is 0.415 e. The van der Waals surface area contributed by atoms with Crippen molar-refractivity contribution in [3.8, 4) is 0 Å². The average Bonchev–Trinajstić information content (AvgIpc) is 1.60. The second-order valence-corrected chi connectivity index (χ2v) is 37.7. The minimum atomic E-state index is -0.953. The number of nitrogens with one attached hydrogen (secondary N) is 2. The van der Waals surface area contributed by atoms with Crippen molar-refractivity contribution in [3.05, 3.63) is 179 Å². The number of hydrogen-bond donors (Lipinski definition) is 10. The van der Waals surface area contributed by atoms with Gasteiger partial charge in [0.25, 0.3) is 17.7 Å². The standard InChI is InChI=1S/C19H23N3O4.C18H23N3O4.3C16H20N4O3.C15H18N4O4/c1-10(2)22-15-5-4-13(7-12(15)8-17(22)23)21-9-16(26-19(21)25)18(24)20-14-6-11(14)3;1-4-7-19-17(23)15-10-20(18(24)25-15)13-5-6-14-12(8-13)9-16(22)21(14)11(2)3;1-8(2)20-12-5-4-10(6-11(12)14(18)15(20)21)19-7-13(9(3)17)23-16(19)22;1-9(7-17)20-13-4-3-12(5-11(13)6-15(20)21)19-8-14(10(2)18)23-16(19)22;1-10(18)14-9-20(16(22)23-14)12-3-4-13-11(7-12)8-15(21)19(13)6-2-5-17;1-8(6-16)19-11-3-2-10(4-9(11)5-13(19)20)18-7-12(14(17)21)23-15(18)22/h4-5,7,10-11,14,16H,6,8-9H2,1-3H3,(H,20,24);5-6,8,11,15H,4,7,9-10H2,1-3H3,(H,19,23);4-6,8,13-14H,3,7,17-18H2,1-2H3;3-5,9,14H,2,6-8,17-18H2,1H3;3-4,7,14H,1-2,5-6,8-9,17-18H2;2-4,8,12H,5-7,16H2,1H3,(H2,17,21)/t11-,14?,16-;15-;13-,14?;9?,14-;14-;8?,12-/m001111/s1. The third kappa shape index (κ3) is 21.8. The van der Waals surface area contributed by atoms with E-state index in [0.717, 1.165) is 81.2 Å². The zero-order valence-corrected chi connectivity index (χ0v) is 81.6. The maximum Gasteiger partial charge on any atom is 0.415 e. The highest BCUT2D eigenvalue weighted by Crippen LogP contribution is 2.44. The van der Waals surface area contributed by atoms with E-state index in [2.05, 4.69) is 37.3 Å². The number of carbonyl (C=O) groups excluding carboxylic acids is 15. The molecule has 6 aromatic carbocycles. The van der Waals surface area contributed by atoms with Crippen molar-refractivity contribution in [2.45, 2.75) is 200 Å². The van der Waals surface area contributed by atoms with E-state index in [0.29, 0.717) is 141 Å². The van der Waals surface area contributed by atoms with Crippen molar-refractivity contribution in [2.24, 2.45) is 51.8 Å². The molecule has 13 aliphatic rings. The van der Waals surface area contributed by atoms with Gasteiger partial charge < -0.3 is 114 Å². The van der Waals surface area contributed by atoms with Crippen molar-refractivity contribution in [2.75, 3.05) is 131 Å². The summed E-state index contributed by atoms with van der Waals surface area (Å²) in [6.45, 7) is 34.3. The van der Waals surface area contributed by atoms with Crippen molar-refractivity contribution in [1.29, 1.82) is 0 Å². The third-order valence-corrected chi connectivity index (χ3v) is 26.4. The molecular formula is C100H124N22O21. The number of ether oxygens (including phenoxy) is 6. The van der Waals surface area contributed by atoms with Gasteiger partial charge in [-0.2, -0.15) is 0 Å². The summed E-state index contributed by atoms with van der Waals surface area (Å²) in [7, 11) is 0. The monoisotopic (exact) mass is 1970 g/mol. The fourth-order valence-corrected chi connectivity index (χ4v) is 18.7. The van der Waals surface area contributed by atoms with Crippen LogP contribution in [0, 0.1) is 5.92 Å². The number of primary amides is 1. The molecule has 6 aromatic rings. The summed E-state index contributed by atoms with van der Waals surface area (Å²) in [6.07, 6.45) is -3.07. The lowest BCUT2D eigenvalue weighted by atomic mass is 10.1. The molecule has 760 valence electrons. The Balaban J connectivity index is 0.000000136. The van der Waals surface area contributed by atoms with Crippen LogP contribution in [0.25, 0.3) is 0 Å². The summed E-state index contributed by atoms with van der Waals surface area (Å²) >= 11 is 0. The third-order valence-electron chi connectivity index (χ3n) is 26.4. The van der Waals surface area contributed by atoms with Gasteiger partial charge in [0.15, 0.2) is 36.6 Å². The number of fused-ring (bicyclic) bond motifs is 6. The lowest BCUT2D eigenvalue weighted by molar-refractivity contribution is -0.128. The van der Waals surface area contributed by atoms with E-state index in [9.17, 15) is 71.9 Å². The number of carbonyl (C=O) groups is 15. The minimum absolute atomic E-state index is 0.0161. The van der Waals surface area contributed by atoms with Gasteiger partial charge >= 0.3 is 36.6 Å². The van der Waals surface area contributed by atoms with Gasteiger partial charge in [-0.1, -0.05) is 33.6 Å². The molecule has 1 saturated carbocycles. The number of benzene rings is 6. The van der Waals surface area contributed by atoms with Crippen LogP contribution >= 0.6 is 0 Å². The molecule has 4 unspecified atom stereocenters. The summed E-state index contributed by atoms with van der Waals surface area (Å²) in [4.78, 5) is 200. The normalized spacial score (nSPS) is 22.2. The predicted octanol–water partition coefficient (Wildman–Crippen LogP) is 6.08. The van der Waals surface area contributed by atoms with Crippen LogP contribution in [-0.4, -0.2) is 235 Å². The van der Waals surface area contributed by atoms with Crippen LogP contribution in [0.4, 0.5) is 97.0 Å². The summed E-state index contributed by atoms with van der Waals surface area (Å²) in [5, 5.41) is 5.65. The van der Waals surface area contributed by atoms with Gasteiger partial charge in [0.1, 0.15) is 6.04 Å². The van der Waals surface area contributed by atoms with Crippen LogP contribution in [0.1, 0.15) is 128 Å². The van der Waals surface area contributed by atoms with E-state index in [1.807, 2.05) is 123 Å². The molecule has 7 fully saturated rings. The first kappa shape index (κ1) is 103. The van der Waals surface area contributed by atoms with E-state index in [1.165, 1.54) is 29.4 Å². The zero-order chi connectivity index (χ0) is 104. The van der Waals surface area contributed by atoms with Crippen LogP contribution in [-0.2, 0) is 104 Å². The van der Waals surface area contributed by atoms with E-state index >= 15 is 0 Å². The largest absolute Gasteiger partial charge is 0.438 e. The molecule has 43 heteroatoms. The van der Waals surface area contributed by atoms with Crippen molar-refractivity contribution < 1.29 is 100 Å². The van der Waals surface area contributed by atoms with Gasteiger partial charge in [-0.05, 0) is 224 Å². The van der Waals surface area contributed by atoms with E-state index in [1.54, 1.807) is 77.9 Å². The van der Waals surface area contributed by atoms with Crippen molar-refractivity contribution in [1.82, 2.24) is 10.6 Å². The quantitative estimate of drug-likeness (QED) is 0.0290. The summed E-state index contributed by atoms with van der Waals surface area (Å²) in [5.74, 6) is -0.661. The molecule has 19 rings (SSSR count). The van der Waals surface area contributed by atoms with Gasteiger partial charge in [0, 0.05) is 153 Å². The lowest BCUT2D eigenvalue weighted by Gasteiger charge is -2.24. The van der Waals surface area contributed by atoms with Crippen LogP contribution < -0.4 is 115 Å². The topological polar surface area (TPSA) is 583 Å². The maximum absolute atomic E-state index is 12.3. The molecule has 11 atom stereocenters. The number of nitrogens with zero attached hydrogens (tertiary/aromatic N) is 12. The van der Waals surface area contributed by atoms with E-state index in [4.69, 9.17) is 74.3 Å². The average molecular weight is 1970 g/mol. The van der Waals surface area contributed by atoms with Gasteiger partial charge in [0.05, 0.1) is 71.4 Å². The first-order valence-corrected chi connectivity index (χ1v) is 47.6. The number of nitrogens with two attached hydrogens (primary N) is 8. The Hall–Kier alpha value is -15.4. The van der Waals surface area contributed by atoms with Gasteiger partial charge in [-0.25, -0.2) is 28.8 Å². The fraction of sp³-hybridized carbons (Fsp3) is 0.430. The second kappa shape index (κ2) is 43.0. The van der Waals surface area contributed by atoms with Crippen molar-refractivity contribution >= 4 is 158 Å². The molecule has 0 aromatic heterocycles. The highest BCUT2D eigenvalue weighted by Gasteiger charge is 2.47. The SMILES string of the molecule is C=C(N)[C@H]1CN(c2ccc3c(c2)C(N)C(=O)N3C(C)C)C(=O)O1.C=C(N)[C@H]1CN(c2ccc3c(c2)CC(=O)N3C(C)CN)C(=O)O1.C=C(N)[C@H]1CN(c2ccc3c(c2)CC(=O)N3CCCN)C(=O)O1.CC(C)N1C(=O)Cc2cc(N3C[C@@H](C(=O)NC4C[C@@H]4C)OC3=O)ccc21.CC(CN)N1C(=O)Cc2cc(N3C[C@H](C(N)=O)OC3=O)ccc21.CCCNC(=O)[C@@H]1CN(c2ccc3c(c2)CC(=O)N3C(C)C)C(=O)O1. The maximum atomic E-state index is 12.3. The van der Waals surface area contributed by atoms with Gasteiger partial charge in [-0.15, -0.1) is 0 Å². The fourth-order valence-electron chi connectivity index (χ4n) is 18.7. The Bertz CT molecular complexity index is 6010. The first-order valence-electron chi connectivity index (χ1n) is 47.6. The van der Waals surface area contributed by atoms with E-state index < -0.39 is 85.1 Å². The number of amides is 15. The van der Waals surface area contributed by atoms with E-state index in [-0.39, 0.29) is 110 Å².